The molecular formula is C17H25FN4O3S. The Balaban J connectivity index is 1.53. The SMILES string of the molecule is CN(C)S(=O)(=O)N(C)CC1CCC(Nc2nc3ccc(F)cc3o2)CC1. The molecule has 0 bridgehead atoms. The van der Waals surface area contributed by atoms with Gasteiger partial charge in [-0.1, -0.05) is 0 Å². The van der Waals surface area contributed by atoms with E-state index in [1.807, 2.05) is 0 Å². The third kappa shape index (κ3) is 4.16. The molecule has 0 unspecified atom stereocenters. The molecule has 2 aromatic rings. The molecule has 0 aliphatic heterocycles. The molecule has 1 saturated carbocycles. The van der Waals surface area contributed by atoms with Gasteiger partial charge in [0.2, 0.25) is 0 Å². The maximum absolute atomic E-state index is 13.2. The van der Waals surface area contributed by atoms with Crippen molar-refractivity contribution in [3.63, 3.8) is 0 Å². The molecule has 0 amide bonds. The van der Waals surface area contributed by atoms with Crippen molar-refractivity contribution in [3.8, 4) is 0 Å². The van der Waals surface area contributed by atoms with Crippen molar-refractivity contribution in [3.05, 3.63) is 24.0 Å². The summed E-state index contributed by atoms with van der Waals surface area (Å²) in [5, 5.41) is 3.27. The number of aromatic nitrogens is 1. The van der Waals surface area contributed by atoms with Gasteiger partial charge in [-0.25, -0.2) is 4.39 Å². The Hall–Kier alpha value is -1.71. The second kappa shape index (κ2) is 7.50. The molecule has 1 heterocycles. The maximum atomic E-state index is 13.2. The molecule has 1 fully saturated rings. The monoisotopic (exact) mass is 384 g/mol. The molecule has 1 aliphatic carbocycles. The Labute approximate surface area is 153 Å². The molecule has 9 heteroatoms. The summed E-state index contributed by atoms with van der Waals surface area (Å²) in [5.41, 5.74) is 1.05. The fourth-order valence-corrected chi connectivity index (χ4v) is 4.32. The molecule has 144 valence electrons. The quantitative estimate of drug-likeness (QED) is 0.828. The number of halogens is 1. The molecule has 1 aromatic carbocycles. The van der Waals surface area contributed by atoms with E-state index in [1.165, 1.54) is 20.7 Å². The van der Waals surface area contributed by atoms with Crippen LogP contribution in [0.4, 0.5) is 10.4 Å². The summed E-state index contributed by atoms with van der Waals surface area (Å²) < 4.78 is 45.7. The first-order valence-electron chi connectivity index (χ1n) is 8.72. The number of nitrogens with zero attached hydrogens (tertiary/aromatic N) is 3. The van der Waals surface area contributed by atoms with E-state index < -0.39 is 10.2 Å². The smallest absolute Gasteiger partial charge is 0.295 e. The number of rotatable bonds is 6. The third-order valence-electron chi connectivity index (χ3n) is 4.90. The highest BCUT2D eigenvalue weighted by molar-refractivity contribution is 7.86. The normalized spacial score (nSPS) is 21.6. The molecule has 3 rings (SSSR count). The zero-order valence-electron chi connectivity index (χ0n) is 15.3. The van der Waals surface area contributed by atoms with Gasteiger partial charge < -0.3 is 9.73 Å². The lowest BCUT2D eigenvalue weighted by atomic mass is 9.86. The summed E-state index contributed by atoms with van der Waals surface area (Å²) in [6.45, 7) is 0.523. The molecular weight excluding hydrogens is 359 g/mol. The van der Waals surface area contributed by atoms with Gasteiger partial charge in [0.1, 0.15) is 11.3 Å². The lowest BCUT2D eigenvalue weighted by Gasteiger charge is -2.31. The van der Waals surface area contributed by atoms with Gasteiger partial charge in [0.25, 0.3) is 16.2 Å². The van der Waals surface area contributed by atoms with Crippen molar-refractivity contribution in [2.75, 3.05) is 33.0 Å². The predicted octanol–water partition coefficient (Wildman–Crippen LogP) is 2.68. The Morgan fingerprint density at radius 2 is 1.92 bits per heavy atom. The van der Waals surface area contributed by atoms with Crippen molar-refractivity contribution >= 4 is 27.3 Å². The Morgan fingerprint density at radius 1 is 1.23 bits per heavy atom. The van der Waals surface area contributed by atoms with Crippen LogP contribution >= 0.6 is 0 Å². The van der Waals surface area contributed by atoms with Gasteiger partial charge in [0.15, 0.2) is 5.58 Å². The number of hydrogen-bond acceptors (Lipinski definition) is 5. The van der Waals surface area contributed by atoms with Crippen molar-refractivity contribution in [1.82, 2.24) is 13.6 Å². The van der Waals surface area contributed by atoms with Crippen LogP contribution in [-0.4, -0.2) is 55.7 Å². The Morgan fingerprint density at radius 3 is 2.58 bits per heavy atom. The fraction of sp³-hybridized carbons (Fsp3) is 0.588. The highest BCUT2D eigenvalue weighted by Crippen LogP contribution is 2.28. The van der Waals surface area contributed by atoms with E-state index in [0.717, 1.165) is 25.7 Å². The third-order valence-corrected chi connectivity index (χ3v) is 6.76. The van der Waals surface area contributed by atoms with Crippen LogP contribution in [0.3, 0.4) is 0 Å². The summed E-state index contributed by atoms with van der Waals surface area (Å²) in [7, 11) is 1.34. The standard InChI is InChI=1S/C17H25FN4O3S/c1-21(2)26(23,24)22(3)11-12-4-7-14(8-5-12)19-17-20-15-9-6-13(18)10-16(15)25-17/h6,9-10,12,14H,4-5,7-8,11H2,1-3H3,(H,19,20). The molecule has 0 atom stereocenters. The predicted molar refractivity (Wildman–Crippen MR) is 98.6 cm³/mol. The number of hydrogen-bond donors (Lipinski definition) is 1. The molecule has 0 spiro atoms. The first-order valence-corrected chi connectivity index (χ1v) is 10.1. The van der Waals surface area contributed by atoms with Gasteiger partial charge in [0.05, 0.1) is 0 Å². The lowest BCUT2D eigenvalue weighted by Crippen LogP contribution is -2.41. The Kier molecular flexibility index (Phi) is 5.50. The van der Waals surface area contributed by atoms with Crippen LogP contribution < -0.4 is 5.32 Å². The van der Waals surface area contributed by atoms with Crippen LogP contribution in [0, 0.1) is 11.7 Å². The van der Waals surface area contributed by atoms with Crippen LogP contribution in [0.1, 0.15) is 25.7 Å². The molecule has 1 N–H and O–H groups in total. The molecule has 0 saturated heterocycles. The van der Waals surface area contributed by atoms with E-state index in [1.54, 1.807) is 27.2 Å². The number of benzene rings is 1. The zero-order valence-corrected chi connectivity index (χ0v) is 16.1. The molecule has 0 radical (unpaired) electrons. The van der Waals surface area contributed by atoms with E-state index in [2.05, 4.69) is 10.3 Å². The highest BCUT2D eigenvalue weighted by atomic mass is 32.2. The largest absolute Gasteiger partial charge is 0.423 e. The Bertz CT molecular complexity index is 860. The van der Waals surface area contributed by atoms with E-state index in [9.17, 15) is 12.8 Å². The van der Waals surface area contributed by atoms with Crippen LogP contribution in [0.15, 0.2) is 22.6 Å². The molecule has 26 heavy (non-hydrogen) atoms. The minimum Gasteiger partial charge on any atom is -0.423 e. The van der Waals surface area contributed by atoms with E-state index in [4.69, 9.17) is 4.42 Å². The topological polar surface area (TPSA) is 78.7 Å². The van der Waals surface area contributed by atoms with Gasteiger partial charge in [-0.3, -0.25) is 0 Å². The van der Waals surface area contributed by atoms with Crippen LogP contribution in [0.5, 0.6) is 0 Å². The van der Waals surface area contributed by atoms with Crippen molar-refractivity contribution in [2.45, 2.75) is 31.7 Å². The summed E-state index contributed by atoms with van der Waals surface area (Å²) in [6, 6.07) is 4.90. The van der Waals surface area contributed by atoms with Crippen molar-refractivity contribution < 1.29 is 17.2 Å². The minimum atomic E-state index is -3.36. The number of oxazole rings is 1. The second-order valence-electron chi connectivity index (χ2n) is 7.06. The average molecular weight is 384 g/mol. The van der Waals surface area contributed by atoms with Crippen LogP contribution in [-0.2, 0) is 10.2 Å². The van der Waals surface area contributed by atoms with Crippen LogP contribution in [0.25, 0.3) is 11.1 Å². The molecule has 1 aliphatic rings. The van der Waals surface area contributed by atoms with Crippen molar-refractivity contribution in [1.29, 1.82) is 0 Å². The summed E-state index contributed by atoms with van der Waals surface area (Å²) in [6.07, 6.45) is 3.68. The van der Waals surface area contributed by atoms with Gasteiger partial charge in [0, 0.05) is 39.8 Å². The van der Waals surface area contributed by atoms with Gasteiger partial charge in [-0.2, -0.15) is 22.0 Å². The number of nitrogens with one attached hydrogen (secondary N) is 1. The molecule has 7 nitrogen and oxygen atoms in total. The maximum Gasteiger partial charge on any atom is 0.295 e. The van der Waals surface area contributed by atoms with Gasteiger partial charge in [-0.05, 0) is 43.7 Å². The second-order valence-corrected chi connectivity index (χ2v) is 9.31. The van der Waals surface area contributed by atoms with E-state index in [-0.39, 0.29) is 11.9 Å². The average Bonchev–Trinajstić information content (AvgIpc) is 2.97. The van der Waals surface area contributed by atoms with E-state index in [0.29, 0.717) is 29.6 Å². The summed E-state index contributed by atoms with van der Waals surface area (Å²) in [4.78, 5) is 4.33. The van der Waals surface area contributed by atoms with Gasteiger partial charge >= 0.3 is 0 Å². The fourth-order valence-electron chi connectivity index (χ4n) is 3.36. The zero-order chi connectivity index (χ0) is 18.9. The van der Waals surface area contributed by atoms with Gasteiger partial charge in [-0.15, -0.1) is 0 Å². The number of anilines is 1. The number of fused-ring (bicyclic) bond motifs is 1. The minimum absolute atomic E-state index is 0.222. The van der Waals surface area contributed by atoms with Crippen molar-refractivity contribution in [2.24, 2.45) is 5.92 Å². The lowest BCUT2D eigenvalue weighted by molar-refractivity contribution is 0.280. The molecule has 1 aromatic heterocycles. The van der Waals surface area contributed by atoms with Crippen LogP contribution in [0.2, 0.25) is 0 Å². The summed E-state index contributed by atoms with van der Waals surface area (Å²) >= 11 is 0. The first-order chi connectivity index (χ1) is 12.3. The highest BCUT2D eigenvalue weighted by Gasteiger charge is 2.27. The van der Waals surface area contributed by atoms with E-state index >= 15 is 0 Å². The first kappa shape index (κ1) is 19.1. The summed E-state index contributed by atoms with van der Waals surface area (Å²) in [5.74, 6) is -0.0111.